The summed E-state index contributed by atoms with van der Waals surface area (Å²) in [5.41, 5.74) is 5.83. The average molecular weight is 419 g/mol. The lowest BCUT2D eigenvalue weighted by Crippen LogP contribution is -2.04. The zero-order chi connectivity index (χ0) is 23.0. The lowest BCUT2D eigenvalue weighted by atomic mass is 9.90. The van der Waals surface area contributed by atoms with Gasteiger partial charge in [0.25, 0.3) is 0 Å². The summed E-state index contributed by atoms with van der Waals surface area (Å²) in [7, 11) is 6.56. The van der Waals surface area contributed by atoms with Gasteiger partial charge in [0.05, 0.1) is 34.2 Å². The summed E-state index contributed by atoms with van der Waals surface area (Å²) in [5.74, 6) is 5.67. The lowest BCUT2D eigenvalue weighted by molar-refractivity contribution is 0.297. The normalized spacial score (nSPS) is 11.2. The summed E-state index contributed by atoms with van der Waals surface area (Å²) in [5, 5.41) is 0. The van der Waals surface area contributed by atoms with Crippen molar-refractivity contribution < 1.29 is 18.9 Å². The summed E-state index contributed by atoms with van der Waals surface area (Å²) in [6, 6.07) is 7.77. The van der Waals surface area contributed by atoms with Crippen LogP contribution in [0.4, 0.5) is 0 Å². The fourth-order valence-electron chi connectivity index (χ4n) is 3.34. The Morgan fingerprint density at radius 3 is 2.23 bits per heavy atom. The van der Waals surface area contributed by atoms with E-state index in [0.717, 1.165) is 50.6 Å². The van der Waals surface area contributed by atoms with Gasteiger partial charge in [0.1, 0.15) is 17.3 Å². The second-order valence-corrected chi connectivity index (χ2v) is 6.95. The number of ether oxygens (including phenoxy) is 4. The van der Waals surface area contributed by atoms with Gasteiger partial charge in [0, 0.05) is 28.7 Å². The minimum Gasteiger partial charge on any atom is -0.501 e. The average Bonchev–Trinajstić information content (AvgIpc) is 2.79. The van der Waals surface area contributed by atoms with E-state index in [1.807, 2.05) is 49.4 Å². The second kappa shape index (κ2) is 11.0. The number of hydrogen-bond acceptors (Lipinski definition) is 4. The van der Waals surface area contributed by atoms with Crippen molar-refractivity contribution in [3.63, 3.8) is 0 Å². The third kappa shape index (κ3) is 5.52. The highest BCUT2D eigenvalue weighted by Crippen LogP contribution is 2.35. The first-order valence-corrected chi connectivity index (χ1v) is 9.86. The highest BCUT2D eigenvalue weighted by molar-refractivity contribution is 5.69. The Labute approximate surface area is 185 Å². The topological polar surface area (TPSA) is 36.9 Å². The molecular weight excluding hydrogens is 388 g/mol. The van der Waals surface area contributed by atoms with Gasteiger partial charge in [0.15, 0.2) is 0 Å². The van der Waals surface area contributed by atoms with Gasteiger partial charge in [-0.3, -0.25) is 0 Å². The molecule has 0 heterocycles. The maximum atomic E-state index is 5.80. The lowest BCUT2D eigenvalue weighted by Gasteiger charge is -2.19. The van der Waals surface area contributed by atoms with E-state index in [4.69, 9.17) is 25.4 Å². The number of benzene rings is 2. The van der Waals surface area contributed by atoms with Crippen LogP contribution in [-0.2, 0) is 15.9 Å². The molecule has 0 aliphatic heterocycles. The number of methoxy groups -OCH3 is 4. The van der Waals surface area contributed by atoms with E-state index in [-0.39, 0.29) is 0 Å². The number of rotatable bonds is 9. The summed E-state index contributed by atoms with van der Waals surface area (Å²) in [6.45, 7) is 7.81. The van der Waals surface area contributed by atoms with Gasteiger partial charge in [0.2, 0.25) is 0 Å². The first kappa shape index (κ1) is 23.7. The van der Waals surface area contributed by atoms with Gasteiger partial charge >= 0.3 is 0 Å². The van der Waals surface area contributed by atoms with Crippen LogP contribution in [0.2, 0.25) is 0 Å². The van der Waals surface area contributed by atoms with Crippen LogP contribution < -0.4 is 9.47 Å². The van der Waals surface area contributed by atoms with Gasteiger partial charge in [-0.05, 0) is 55.3 Å². The first-order valence-electron chi connectivity index (χ1n) is 9.86. The molecule has 4 nitrogen and oxygen atoms in total. The highest BCUT2D eigenvalue weighted by atomic mass is 16.5. The number of allylic oxidation sites excluding steroid dienone is 2. The smallest absolute Gasteiger partial charge is 0.123 e. The van der Waals surface area contributed by atoms with Crippen molar-refractivity contribution >= 4 is 12.2 Å². The molecule has 0 aliphatic rings. The SMILES string of the molecule is C#Cc1ccc(OC)c(Cc2c(OC)ccc(/C=C\C(=C)OC)c2C)c1/C=C(\C)OC. The summed E-state index contributed by atoms with van der Waals surface area (Å²) in [6.07, 6.45) is 12.1. The molecule has 0 saturated heterocycles. The quantitative estimate of drug-likeness (QED) is 0.295. The fraction of sp³-hybridized carbons (Fsp3) is 0.259. The largest absolute Gasteiger partial charge is 0.501 e. The molecular formula is C27H30O4. The summed E-state index contributed by atoms with van der Waals surface area (Å²) >= 11 is 0. The third-order valence-electron chi connectivity index (χ3n) is 5.24. The first-order chi connectivity index (χ1) is 14.9. The third-order valence-corrected chi connectivity index (χ3v) is 5.24. The van der Waals surface area contributed by atoms with Crippen molar-refractivity contribution in [1.82, 2.24) is 0 Å². The molecule has 0 bridgehead atoms. The predicted octanol–water partition coefficient (Wildman–Crippen LogP) is 5.76. The Morgan fingerprint density at radius 2 is 1.65 bits per heavy atom. The maximum absolute atomic E-state index is 5.80. The van der Waals surface area contributed by atoms with E-state index in [1.54, 1.807) is 28.4 Å². The minimum atomic E-state index is 0.573. The van der Waals surface area contributed by atoms with E-state index < -0.39 is 0 Å². The molecule has 0 spiro atoms. The molecule has 2 rings (SSSR count). The summed E-state index contributed by atoms with van der Waals surface area (Å²) < 4.78 is 21.9. The van der Waals surface area contributed by atoms with Crippen LogP contribution in [-0.4, -0.2) is 28.4 Å². The van der Waals surface area contributed by atoms with Gasteiger partial charge in [-0.25, -0.2) is 0 Å². The molecule has 162 valence electrons. The molecule has 2 aromatic rings. The standard InChI is InChI=1S/C27H30O4/c1-9-21-12-14-27(31-8)25(24(21)16-19(3)29-6)17-23-20(4)22(11-10-18(2)28-5)13-15-26(23)30-7/h1,10-16H,2,17H2,3-8H3/b11-10-,19-16+. The van der Waals surface area contributed by atoms with Crippen molar-refractivity contribution in [3.05, 3.63) is 81.8 Å². The van der Waals surface area contributed by atoms with Crippen LogP contribution in [0.5, 0.6) is 11.5 Å². The van der Waals surface area contributed by atoms with Crippen molar-refractivity contribution in [2.45, 2.75) is 20.3 Å². The molecule has 0 unspecified atom stereocenters. The number of hydrogen-bond donors (Lipinski definition) is 0. The van der Waals surface area contributed by atoms with Crippen LogP contribution >= 0.6 is 0 Å². The fourth-order valence-corrected chi connectivity index (χ4v) is 3.34. The molecule has 4 heteroatoms. The molecule has 0 aliphatic carbocycles. The van der Waals surface area contributed by atoms with Crippen LogP contribution in [0.3, 0.4) is 0 Å². The molecule has 0 fully saturated rings. The Morgan fingerprint density at radius 1 is 1.00 bits per heavy atom. The minimum absolute atomic E-state index is 0.573. The van der Waals surface area contributed by atoms with Crippen LogP contribution in [0.25, 0.3) is 12.2 Å². The maximum Gasteiger partial charge on any atom is 0.123 e. The monoisotopic (exact) mass is 418 g/mol. The van der Waals surface area contributed by atoms with Gasteiger partial charge in [-0.15, -0.1) is 6.42 Å². The molecule has 0 atom stereocenters. The van der Waals surface area contributed by atoms with Crippen LogP contribution in [0.1, 0.15) is 40.3 Å². The van der Waals surface area contributed by atoms with Crippen LogP contribution in [0.15, 0.2) is 48.4 Å². The molecule has 0 amide bonds. The highest BCUT2D eigenvalue weighted by Gasteiger charge is 2.18. The van der Waals surface area contributed by atoms with Gasteiger partial charge in [-0.2, -0.15) is 0 Å². The van der Waals surface area contributed by atoms with Gasteiger partial charge < -0.3 is 18.9 Å². The molecule has 0 N–H and O–H groups in total. The zero-order valence-corrected chi connectivity index (χ0v) is 19.2. The van der Waals surface area contributed by atoms with Crippen molar-refractivity contribution in [3.8, 4) is 23.8 Å². The van der Waals surface area contributed by atoms with Crippen molar-refractivity contribution in [1.29, 1.82) is 0 Å². The zero-order valence-electron chi connectivity index (χ0n) is 19.2. The Kier molecular flexibility index (Phi) is 8.40. The van der Waals surface area contributed by atoms with Gasteiger partial charge in [-0.1, -0.05) is 24.6 Å². The number of terminal acetylenes is 1. The van der Waals surface area contributed by atoms with Crippen molar-refractivity contribution in [2.75, 3.05) is 28.4 Å². The Balaban J connectivity index is 2.71. The predicted molar refractivity (Wildman–Crippen MR) is 127 cm³/mol. The van der Waals surface area contributed by atoms with Crippen molar-refractivity contribution in [2.24, 2.45) is 0 Å². The van der Waals surface area contributed by atoms with Crippen LogP contribution in [0, 0.1) is 19.3 Å². The molecule has 0 aromatic heterocycles. The van der Waals surface area contributed by atoms with E-state index in [0.29, 0.717) is 12.2 Å². The molecule has 31 heavy (non-hydrogen) atoms. The second-order valence-electron chi connectivity index (χ2n) is 6.95. The summed E-state index contributed by atoms with van der Waals surface area (Å²) in [4.78, 5) is 0. The molecule has 0 radical (unpaired) electrons. The van der Waals surface area contributed by atoms with E-state index in [2.05, 4.69) is 19.4 Å². The van der Waals surface area contributed by atoms with E-state index in [1.165, 1.54) is 0 Å². The Hall–Kier alpha value is -3.58. The van der Waals surface area contributed by atoms with E-state index in [9.17, 15) is 0 Å². The van der Waals surface area contributed by atoms with E-state index >= 15 is 0 Å². The molecule has 0 saturated carbocycles. The Bertz CT molecular complexity index is 1050. The molecule has 2 aromatic carbocycles.